The van der Waals surface area contributed by atoms with Crippen molar-refractivity contribution in [3.63, 3.8) is 0 Å². The number of ketones is 1. The Labute approximate surface area is 236 Å². The van der Waals surface area contributed by atoms with Gasteiger partial charge in [-0.3, -0.25) is 14.5 Å². The third kappa shape index (κ3) is 7.45. The number of hydrogen-bond donors (Lipinski definition) is 1. The summed E-state index contributed by atoms with van der Waals surface area (Å²) in [5, 5.41) is 12.5. The minimum atomic E-state index is -0.0499. The summed E-state index contributed by atoms with van der Waals surface area (Å²) in [6, 6.07) is 1.88. The monoisotopic (exact) mass is 539 g/mol. The van der Waals surface area contributed by atoms with E-state index in [1.165, 1.54) is 19.3 Å². The topological polar surface area (TPSA) is 65.8 Å². The quantitative estimate of drug-likeness (QED) is 0.174. The van der Waals surface area contributed by atoms with Crippen LogP contribution in [0.1, 0.15) is 137 Å². The van der Waals surface area contributed by atoms with Gasteiger partial charge in [0.25, 0.3) is 5.91 Å². The summed E-state index contributed by atoms with van der Waals surface area (Å²) >= 11 is 0. The Hall–Kier alpha value is -2.34. The number of Topliss-reactive ketones (excluding diaryl/α,β-unsaturated/α-hetero) is 1. The molecule has 1 N–H and O–H groups in total. The van der Waals surface area contributed by atoms with Crippen LogP contribution in [0.3, 0.4) is 0 Å². The molecule has 6 nitrogen and oxygen atoms in total. The number of nitrogens with zero attached hydrogens (tertiary/aromatic N) is 3. The van der Waals surface area contributed by atoms with Gasteiger partial charge in [-0.15, -0.1) is 0 Å². The summed E-state index contributed by atoms with van der Waals surface area (Å²) in [6.45, 7) is 15.3. The number of amides is 1. The van der Waals surface area contributed by atoms with Crippen LogP contribution in [0.2, 0.25) is 0 Å². The molecule has 1 aliphatic rings. The van der Waals surface area contributed by atoms with Crippen molar-refractivity contribution >= 4 is 22.6 Å². The van der Waals surface area contributed by atoms with E-state index < -0.39 is 0 Å². The molecule has 0 aliphatic carbocycles. The van der Waals surface area contributed by atoms with Gasteiger partial charge in [0.15, 0.2) is 5.78 Å². The number of aromatic hydroxyl groups is 1. The number of rotatable bonds is 16. The number of likely N-dealkylation sites (tertiary alicyclic amines) is 1. The van der Waals surface area contributed by atoms with Crippen molar-refractivity contribution in [1.82, 2.24) is 14.4 Å². The van der Waals surface area contributed by atoms with Crippen LogP contribution in [0.4, 0.5) is 0 Å². The second-order valence-corrected chi connectivity index (χ2v) is 11.4. The first kappa shape index (κ1) is 31.2. The number of piperidine rings is 1. The van der Waals surface area contributed by atoms with Crippen LogP contribution in [-0.2, 0) is 13.1 Å². The summed E-state index contributed by atoms with van der Waals surface area (Å²) in [4.78, 5) is 31.8. The van der Waals surface area contributed by atoms with Crippen molar-refractivity contribution in [1.29, 1.82) is 0 Å². The van der Waals surface area contributed by atoms with E-state index >= 15 is 0 Å². The lowest BCUT2D eigenvalue weighted by molar-refractivity contribution is 0.0751. The van der Waals surface area contributed by atoms with Crippen LogP contribution >= 0.6 is 0 Å². The Morgan fingerprint density at radius 3 is 2.13 bits per heavy atom. The van der Waals surface area contributed by atoms with Gasteiger partial charge in [-0.1, -0.05) is 66.2 Å². The zero-order valence-corrected chi connectivity index (χ0v) is 25.4. The molecule has 39 heavy (non-hydrogen) atoms. The maximum absolute atomic E-state index is 14.4. The maximum atomic E-state index is 14.4. The first-order valence-electron chi connectivity index (χ1n) is 15.8. The van der Waals surface area contributed by atoms with E-state index in [0.717, 1.165) is 112 Å². The van der Waals surface area contributed by atoms with Gasteiger partial charge in [-0.25, -0.2) is 0 Å². The van der Waals surface area contributed by atoms with Crippen molar-refractivity contribution in [3.05, 3.63) is 28.5 Å². The molecule has 1 aliphatic heterocycles. The van der Waals surface area contributed by atoms with Crippen LogP contribution in [0.5, 0.6) is 5.75 Å². The summed E-state index contributed by atoms with van der Waals surface area (Å²) in [5.74, 6) is 0.0948. The van der Waals surface area contributed by atoms with Crippen molar-refractivity contribution in [2.75, 3.05) is 26.2 Å². The number of fused-ring (bicyclic) bond motifs is 1. The number of aryl methyl sites for hydroxylation is 1. The minimum Gasteiger partial charge on any atom is -0.507 e. The summed E-state index contributed by atoms with van der Waals surface area (Å²) in [6.07, 6.45) is 12.4. The molecule has 0 atom stereocenters. The number of carbonyl (C=O) groups is 2. The highest BCUT2D eigenvalue weighted by Gasteiger charge is 2.30. The normalized spacial score (nSPS) is 14.3. The molecule has 6 heteroatoms. The third-order valence-corrected chi connectivity index (χ3v) is 8.44. The van der Waals surface area contributed by atoms with E-state index in [4.69, 9.17) is 0 Å². The van der Waals surface area contributed by atoms with Crippen molar-refractivity contribution in [2.45, 2.75) is 125 Å². The number of aromatic nitrogens is 1. The van der Waals surface area contributed by atoms with E-state index in [0.29, 0.717) is 18.5 Å². The lowest BCUT2D eigenvalue weighted by Crippen LogP contribution is -2.33. The molecule has 0 bridgehead atoms. The summed E-state index contributed by atoms with van der Waals surface area (Å²) < 4.78 is 2.27. The maximum Gasteiger partial charge on any atom is 0.256 e. The predicted octanol–water partition coefficient (Wildman–Crippen LogP) is 7.86. The molecule has 0 unspecified atom stereocenters. The molecule has 0 spiro atoms. The highest BCUT2D eigenvalue weighted by Crippen LogP contribution is 2.39. The first-order valence-corrected chi connectivity index (χ1v) is 15.8. The zero-order chi connectivity index (χ0) is 28.4. The van der Waals surface area contributed by atoms with Crippen LogP contribution in [0.15, 0.2) is 6.07 Å². The Morgan fingerprint density at radius 2 is 1.54 bits per heavy atom. The average molecular weight is 540 g/mol. The summed E-state index contributed by atoms with van der Waals surface area (Å²) in [5.41, 5.74) is 3.78. The van der Waals surface area contributed by atoms with E-state index in [2.05, 4.69) is 37.2 Å². The predicted molar refractivity (Wildman–Crippen MR) is 162 cm³/mol. The molecule has 0 saturated carbocycles. The number of phenolic OH excluding ortho intramolecular Hbond substituents is 1. The molecule has 2 heterocycles. The highest BCUT2D eigenvalue weighted by molar-refractivity contribution is 6.12. The summed E-state index contributed by atoms with van der Waals surface area (Å²) in [7, 11) is 0. The van der Waals surface area contributed by atoms with Gasteiger partial charge in [0.2, 0.25) is 0 Å². The molecule has 2 aromatic rings. The number of unbranched alkanes of at least 4 members (excludes halogenated alkanes) is 5. The molecule has 0 radical (unpaired) electrons. The number of benzene rings is 1. The number of phenols is 1. The van der Waals surface area contributed by atoms with Gasteiger partial charge in [0, 0.05) is 49.2 Å². The van der Waals surface area contributed by atoms with Gasteiger partial charge in [-0.05, 0) is 58.2 Å². The molecular weight excluding hydrogens is 486 g/mol. The molecular formula is C33H53N3O3. The fourth-order valence-corrected chi connectivity index (χ4v) is 6.02. The Kier molecular flexibility index (Phi) is 12.4. The molecule has 1 aromatic heterocycles. The van der Waals surface area contributed by atoms with E-state index in [1.807, 2.05) is 17.9 Å². The first-order chi connectivity index (χ1) is 18.9. The van der Waals surface area contributed by atoms with E-state index in [1.54, 1.807) is 0 Å². The largest absolute Gasteiger partial charge is 0.507 e. The third-order valence-electron chi connectivity index (χ3n) is 8.44. The molecule has 1 fully saturated rings. The lowest BCUT2D eigenvalue weighted by atomic mass is 9.96. The van der Waals surface area contributed by atoms with Crippen LogP contribution < -0.4 is 0 Å². The zero-order valence-electron chi connectivity index (χ0n) is 25.4. The van der Waals surface area contributed by atoms with Crippen molar-refractivity contribution < 1.29 is 14.7 Å². The van der Waals surface area contributed by atoms with Gasteiger partial charge >= 0.3 is 0 Å². The Balaban J connectivity index is 2.25. The standard InChI is InChI=1S/C33H53N3O3/c1-6-10-13-17-22-36-25(5)30(33(39)35(20-11-7-2)21-12-8-3)31-27(24-34-18-15-14-16-19-34)32(38)26(23-28(31)36)29(37)9-4/h23,38H,6-22,24H2,1-5H3. The minimum absolute atomic E-state index is 0.0499. The fraction of sp³-hybridized carbons (Fsp3) is 0.697. The van der Waals surface area contributed by atoms with Crippen molar-refractivity contribution in [2.24, 2.45) is 0 Å². The second kappa shape index (κ2) is 15.4. The number of hydrogen-bond acceptors (Lipinski definition) is 4. The van der Waals surface area contributed by atoms with E-state index in [9.17, 15) is 14.7 Å². The highest BCUT2D eigenvalue weighted by atomic mass is 16.3. The van der Waals surface area contributed by atoms with Gasteiger partial charge in [0.05, 0.1) is 16.6 Å². The average Bonchev–Trinajstić information content (AvgIpc) is 3.23. The Bertz CT molecular complexity index is 1090. The molecule has 1 saturated heterocycles. The molecule has 1 aromatic carbocycles. The smallest absolute Gasteiger partial charge is 0.256 e. The van der Waals surface area contributed by atoms with Crippen LogP contribution in [0, 0.1) is 6.92 Å². The second-order valence-electron chi connectivity index (χ2n) is 11.4. The van der Waals surface area contributed by atoms with Gasteiger partial charge in [-0.2, -0.15) is 0 Å². The lowest BCUT2D eigenvalue weighted by Gasteiger charge is -2.28. The SMILES string of the molecule is CCCCCCn1c(C)c(C(=O)N(CCCC)CCCC)c2c(CN3CCCCC3)c(O)c(C(=O)CC)cc21. The van der Waals surface area contributed by atoms with Crippen LogP contribution in [0.25, 0.3) is 10.9 Å². The van der Waals surface area contributed by atoms with Gasteiger partial charge < -0.3 is 14.6 Å². The fourth-order valence-electron chi connectivity index (χ4n) is 6.02. The Morgan fingerprint density at radius 1 is 0.897 bits per heavy atom. The molecule has 3 rings (SSSR count). The van der Waals surface area contributed by atoms with Crippen LogP contribution in [-0.4, -0.2) is 57.3 Å². The number of carbonyl (C=O) groups excluding carboxylic acids is 2. The molecule has 1 amide bonds. The van der Waals surface area contributed by atoms with Crippen molar-refractivity contribution in [3.8, 4) is 5.75 Å². The molecule has 218 valence electrons. The van der Waals surface area contributed by atoms with Gasteiger partial charge in [0.1, 0.15) is 5.75 Å². The van der Waals surface area contributed by atoms with E-state index in [-0.39, 0.29) is 17.4 Å².